The summed E-state index contributed by atoms with van der Waals surface area (Å²) in [5.74, 6) is -2.40. The molecule has 3 aliphatic rings. The third-order valence-electron chi connectivity index (χ3n) is 3.50. The lowest BCUT2D eigenvalue weighted by Gasteiger charge is -2.44. The van der Waals surface area contributed by atoms with E-state index in [-0.39, 0.29) is 12.5 Å². The molecule has 0 bridgehead atoms. The minimum Gasteiger partial charge on any atom is -0.347 e. The minimum atomic E-state index is -1.72. The smallest absolute Gasteiger partial charge is 0.275 e. The Morgan fingerprint density at radius 3 is 3.00 bits per heavy atom. The number of hydrogen-bond acceptors (Lipinski definition) is 5. The quantitative estimate of drug-likeness (QED) is 0.488. The van der Waals surface area contributed by atoms with Crippen LogP contribution in [0.25, 0.3) is 0 Å². The predicted octanol–water partition coefficient (Wildman–Crippen LogP) is -2.22. The third-order valence-corrected chi connectivity index (χ3v) is 3.50. The van der Waals surface area contributed by atoms with Crippen molar-refractivity contribution in [2.24, 2.45) is 5.73 Å². The predicted molar refractivity (Wildman–Crippen MR) is 50.5 cm³/mol. The Balaban J connectivity index is 2.01. The Bertz CT molecular complexity index is 374. The van der Waals surface area contributed by atoms with Gasteiger partial charge in [0.05, 0.1) is 0 Å². The van der Waals surface area contributed by atoms with Crippen molar-refractivity contribution in [1.29, 1.82) is 0 Å². The van der Waals surface area contributed by atoms with Crippen LogP contribution in [-0.2, 0) is 14.3 Å². The zero-order valence-electron chi connectivity index (χ0n) is 8.63. The van der Waals surface area contributed by atoms with E-state index in [2.05, 4.69) is 0 Å². The number of amides is 2. The molecule has 3 aliphatic heterocycles. The Hall–Kier alpha value is -1.18. The molecule has 0 saturated carbocycles. The van der Waals surface area contributed by atoms with E-state index in [1.807, 2.05) is 0 Å². The first kappa shape index (κ1) is 10.0. The first-order valence-electron chi connectivity index (χ1n) is 5.31. The summed E-state index contributed by atoms with van der Waals surface area (Å²) in [6.07, 6.45) is 0.260. The van der Waals surface area contributed by atoms with E-state index in [0.29, 0.717) is 13.0 Å². The van der Waals surface area contributed by atoms with Gasteiger partial charge in [0, 0.05) is 6.54 Å². The van der Waals surface area contributed by atoms with Crippen molar-refractivity contribution in [3.63, 3.8) is 0 Å². The number of fused-ring (bicyclic) bond motifs is 3. The molecule has 0 aliphatic carbocycles. The fraction of sp³-hybridized carbons (Fsp3) is 0.778. The van der Waals surface area contributed by atoms with Crippen LogP contribution in [-0.4, -0.2) is 58.0 Å². The van der Waals surface area contributed by atoms with Crippen molar-refractivity contribution in [2.75, 3.05) is 13.1 Å². The van der Waals surface area contributed by atoms with Gasteiger partial charge in [-0.15, -0.1) is 0 Å². The number of hydrogen-bond donors (Lipinski definition) is 2. The molecule has 0 aromatic carbocycles. The molecule has 3 fully saturated rings. The minimum absolute atomic E-state index is 0.153. The summed E-state index contributed by atoms with van der Waals surface area (Å²) < 4.78 is 5.14. The molecule has 88 valence electrons. The molecule has 0 radical (unpaired) electrons. The van der Waals surface area contributed by atoms with Crippen molar-refractivity contribution in [3.05, 3.63) is 0 Å². The second-order valence-electron chi connectivity index (χ2n) is 4.37. The maximum atomic E-state index is 11.7. The maximum absolute atomic E-state index is 11.7. The maximum Gasteiger partial charge on any atom is 0.275 e. The molecule has 3 N–H and O–H groups in total. The first-order valence-corrected chi connectivity index (χ1v) is 5.31. The molecular weight excluding hydrogens is 214 g/mol. The molecule has 3 rings (SSSR count). The Labute approximate surface area is 91.7 Å². The molecule has 3 saturated heterocycles. The summed E-state index contributed by atoms with van der Waals surface area (Å²) >= 11 is 0. The number of rotatable bonds is 0. The number of aliphatic hydroxyl groups is 1. The van der Waals surface area contributed by atoms with Crippen molar-refractivity contribution in [1.82, 2.24) is 9.80 Å². The van der Waals surface area contributed by atoms with E-state index < -0.39 is 24.1 Å². The second kappa shape index (κ2) is 2.93. The fourth-order valence-corrected chi connectivity index (χ4v) is 2.74. The van der Waals surface area contributed by atoms with Crippen LogP contribution in [0.4, 0.5) is 0 Å². The van der Waals surface area contributed by atoms with Crippen LogP contribution in [0.1, 0.15) is 12.8 Å². The highest BCUT2D eigenvalue weighted by Gasteiger charge is 2.61. The first-order chi connectivity index (χ1) is 7.54. The summed E-state index contributed by atoms with van der Waals surface area (Å²) in [4.78, 5) is 26.0. The molecular formula is C9H13N3O4. The standard InChI is InChI=1S/C9H13N3O4/c10-7-8(14)12-4-6(13)11-3-1-2-5(11)9(12,15)16-7/h5,7,15H,1-4,10H2. The van der Waals surface area contributed by atoms with Gasteiger partial charge in [0.25, 0.3) is 11.8 Å². The van der Waals surface area contributed by atoms with Crippen LogP contribution in [0, 0.1) is 0 Å². The van der Waals surface area contributed by atoms with Gasteiger partial charge in [0.15, 0.2) is 6.23 Å². The number of nitrogens with zero attached hydrogens (tertiary/aromatic N) is 2. The van der Waals surface area contributed by atoms with Crippen molar-refractivity contribution in [2.45, 2.75) is 31.0 Å². The normalized spacial score (nSPS) is 42.6. The molecule has 3 atom stereocenters. The lowest BCUT2D eigenvalue weighted by molar-refractivity contribution is -0.291. The van der Waals surface area contributed by atoms with Crippen LogP contribution in [0.3, 0.4) is 0 Å². The summed E-state index contributed by atoms with van der Waals surface area (Å²) in [5, 5.41) is 10.3. The topological polar surface area (TPSA) is 96.1 Å². The van der Waals surface area contributed by atoms with Gasteiger partial charge in [0.2, 0.25) is 5.91 Å². The lowest BCUT2D eigenvalue weighted by Crippen LogP contribution is -2.67. The number of ether oxygens (including phenoxy) is 1. The van der Waals surface area contributed by atoms with E-state index >= 15 is 0 Å². The van der Waals surface area contributed by atoms with Crippen LogP contribution in [0.15, 0.2) is 0 Å². The highest BCUT2D eigenvalue weighted by molar-refractivity contribution is 5.90. The van der Waals surface area contributed by atoms with Crippen LogP contribution in [0.2, 0.25) is 0 Å². The van der Waals surface area contributed by atoms with Crippen LogP contribution >= 0.6 is 0 Å². The molecule has 16 heavy (non-hydrogen) atoms. The monoisotopic (exact) mass is 227 g/mol. The molecule has 2 amide bonds. The van der Waals surface area contributed by atoms with E-state index in [9.17, 15) is 14.7 Å². The molecule has 0 aromatic heterocycles. The summed E-state index contributed by atoms with van der Waals surface area (Å²) in [6.45, 7) is 0.450. The van der Waals surface area contributed by atoms with Gasteiger partial charge in [0.1, 0.15) is 12.6 Å². The van der Waals surface area contributed by atoms with Gasteiger partial charge >= 0.3 is 0 Å². The zero-order valence-corrected chi connectivity index (χ0v) is 8.63. The molecule has 0 aromatic rings. The molecule has 3 heterocycles. The zero-order chi connectivity index (χ0) is 11.5. The highest BCUT2D eigenvalue weighted by Crippen LogP contribution is 2.38. The molecule has 7 nitrogen and oxygen atoms in total. The number of carbonyl (C=O) groups excluding carboxylic acids is 2. The largest absolute Gasteiger partial charge is 0.347 e. The Morgan fingerprint density at radius 2 is 2.25 bits per heavy atom. The van der Waals surface area contributed by atoms with Gasteiger partial charge in [-0.05, 0) is 12.8 Å². The number of carbonyl (C=O) groups is 2. The van der Waals surface area contributed by atoms with E-state index in [1.165, 1.54) is 0 Å². The van der Waals surface area contributed by atoms with Gasteiger partial charge in [-0.3, -0.25) is 20.2 Å². The SMILES string of the molecule is NC1OC2(O)C3CCCN3C(=O)CN2C1=O. The average Bonchev–Trinajstić information content (AvgIpc) is 2.78. The van der Waals surface area contributed by atoms with Gasteiger partial charge in [-0.1, -0.05) is 0 Å². The lowest BCUT2D eigenvalue weighted by atomic mass is 10.1. The van der Waals surface area contributed by atoms with E-state index in [4.69, 9.17) is 10.5 Å². The average molecular weight is 227 g/mol. The van der Waals surface area contributed by atoms with E-state index in [1.54, 1.807) is 4.90 Å². The van der Waals surface area contributed by atoms with Gasteiger partial charge < -0.3 is 14.7 Å². The second-order valence-corrected chi connectivity index (χ2v) is 4.37. The summed E-state index contributed by atoms with van der Waals surface area (Å²) in [7, 11) is 0. The summed E-state index contributed by atoms with van der Waals surface area (Å²) in [5.41, 5.74) is 5.45. The van der Waals surface area contributed by atoms with Crippen molar-refractivity contribution in [3.8, 4) is 0 Å². The third kappa shape index (κ3) is 1.02. The number of nitrogens with two attached hydrogens (primary N) is 1. The van der Waals surface area contributed by atoms with Gasteiger partial charge in [-0.25, -0.2) is 0 Å². The van der Waals surface area contributed by atoms with Crippen LogP contribution in [0.5, 0.6) is 0 Å². The highest BCUT2D eigenvalue weighted by atomic mass is 16.7. The van der Waals surface area contributed by atoms with Crippen molar-refractivity contribution >= 4 is 11.8 Å². The molecule has 7 heteroatoms. The molecule has 0 spiro atoms. The number of piperazine rings is 1. The Kier molecular flexibility index (Phi) is 1.84. The van der Waals surface area contributed by atoms with Gasteiger partial charge in [-0.2, -0.15) is 0 Å². The van der Waals surface area contributed by atoms with Crippen LogP contribution < -0.4 is 5.73 Å². The van der Waals surface area contributed by atoms with E-state index in [0.717, 1.165) is 11.3 Å². The summed E-state index contributed by atoms with van der Waals surface area (Å²) in [6, 6.07) is -0.480. The Morgan fingerprint density at radius 1 is 1.50 bits per heavy atom. The fourth-order valence-electron chi connectivity index (χ4n) is 2.74. The molecule has 3 unspecified atom stereocenters. The van der Waals surface area contributed by atoms with Crippen molar-refractivity contribution < 1.29 is 19.4 Å².